The van der Waals surface area contributed by atoms with E-state index >= 15 is 0 Å². The Labute approximate surface area is 130 Å². The first-order chi connectivity index (χ1) is 10.6. The van der Waals surface area contributed by atoms with Crippen LogP contribution in [0.4, 0.5) is 5.69 Å². The van der Waals surface area contributed by atoms with Crippen molar-refractivity contribution >= 4 is 16.6 Å². The zero-order valence-electron chi connectivity index (χ0n) is 13.0. The van der Waals surface area contributed by atoms with Gasteiger partial charge in [-0.05, 0) is 48.7 Å². The van der Waals surface area contributed by atoms with Crippen LogP contribution in [-0.2, 0) is 0 Å². The molecular formula is C18H21N3O. The highest BCUT2D eigenvalue weighted by Crippen LogP contribution is 2.26. The molecule has 1 unspecified atom stereocenters. The van der Waals surface area contributed by atoms with Crippen molar-refractivity contribution in [3.63, 3.8) is 0 Å². The summed E-state index contributed by atoms with van der Waals surface area (Å²) >= 11 is 0. The van der Waals surface area contributed by atoms with E-state index in [1.165, 1.54) is 0 Å². The number of nitrogens with zero attached hydrogens (tertiary/aromatic N) is 2. The highest BCUT2D eigenvalue weighted by atomic mass is 16.3. The van der Waals surface area contributed by atoms with Gasteiger partial charge in [0.2, 0.25) is 0 Å². The maximum absolute atomic E-state index is 10.5. The molecule has 3 aromatic rings. The van der Waals surface area contributed by atoms with Crippen molar-refractivity contribution in [1.29, 1.82) is 0 Å². The molecule has 2 N–H and O–H groups in total. The Morgan fingerprint density at radius 2 is 2.00 bits per heavy atom. The Kier molecular flexibility index (Phi) is 4.11. The number of aliphatic hydroxyl groups excluding tert-OH is 1. The van der Waals surface area contributed by atoms with Crippen molar-refractivity contribution < 1.29 is 5.11 Å². The summed E-state index contributed by atoms with van der Waals surface area (Å²) in [5, 5.41) is 18.6. The third-order valence-corrected chi connectivity index (χ3v) is 4.12. The molecule has 0 amide bonds. The number of fused-ring (bicyclic) bond motifs is 1. The summed E-state index contributed by atoms with van der Waals surface area (Å²) in [6.07, 6.45) is 2.02. The summed E-state index contributed by atoms with van der Waals surface area (Å²) in [6, 6.07) is 14.3. The van der Waals surface area contributed by atoms with Gasteiger partial charge >= 0.3 is 0 Å². The monoisotopic (exact) mass is 295 g/mol. The van der Waals surface area contributed by atoms with Gasteiger partial charge in [0.05, 0.1) is 17.8 Å². The first-order valence-corrected chi connectivity index (χ1v) is 7.53. The molecule has 0 radical (unpaired) electrons. The third-order valence-electron chi connectivity index (χ3n) is 4.12. The topological polar surface area (TPSA) is 52.1 Å². The van der Waals surface area contributed by atoms with E-state index in [9.17, 15) is 5.11 Å². The van der Waals surface area contributed by atoms with Crippen LogP contribution in [0.15, 0.2) is 48.7 Å². The van der Waals surface area contributed by atoms with E-state index in [-0.39, 0.29) is 0 Å². The smallest absolute Gasteiger partial charge is 0.0809 e. The van der Waals surface area contributed by atoms with Crippen LogP contribution in [0.25, 0.3) is 10.9 Å². The number of anilines is 1. The molecule has 2 aromatic carbocycles. The minimum atomic E-state index is -0.467. The van der Waals surface area contributed by atoms with Gasteiger partial charge in [-0.25, -0.2) is 0 Å². The van der Waals surface area contributed by atoms with E-state index < -0.39 is 6.10 Å². The molecule has 0 aliphatic carbocycles. The summed E-state index contributed by atoms with van der Waals surface area (Å²) in [5.74, 6) is 0. The predicted octanol–water partition coefficient (Wildman–Crippen LogP) is 3.43. The fourth-order valence-electron chi connectivity index (χ4n) is 2.76. The minimum absolute atomic E-state index is 0.467. The van der Waals surface area contributed by atoms with Crippen LogP contribution in [-0.4, -0.2) is 28.9 Å². The van der Waals surface area contributed by atoms with E-state index in [4.69, 9.17) is 0 Å². The normalized spacial score (nSPS) is 12.5. The van der Waals surface area contributed by atoms with E-state index in [2.05, 4.69) is 27.2 Å². The summed E-state index contributed by atoms with van der Waals surface area (Å²) in [6.45, 7) is 2.83. The molecule has 0 aliphatic heterocycles. The number of aryl methyl sites for hydroxylation is 1. The number of nitrogens with one attached hydrogen (secondary N) is 1. The second-order valence-corrected chi connectivity index (χ2v) is 5.73. The summed E-state index contributed by atoms with van der Waals surface area (Å²) < 4.78 is 0. The molecule has 0 saturated heterocycles. The number of aromatic nitrogens is 2. The van der Waals surface area contributed by atoms with Gasteiger partial charge in [0.1, 0.15) is 0 Å². The van der Waals surface area contributed by atoms with E-state index in [0.29, 0.717) is 6.42 Å². The minimum Gasteiger partial charge on any atom is -0.388 e. The lowest BCUT2D eigenvalue weighted by molar-refractivity contribution is 0.169. The standard InChI is InChI=1S/C18H21N3O/c1-13-10-17-14(12-19-20-17)11-16(13)18(22)8-9-21(2)15-6-4-3-5-7-15/h3-7,10-12,18,22H,8-9H2,1-2H3,(H,19,20). The molecule has 4 nitrogen and oxygen atoms in total. The highest BCUT2D eigenvalue weighted by molar-refractivity contribution is 5.79. The Morgan fingerprint density at radius 1 is 1.23 bits per heavy atom. The van der Waals surface area contributed by atoms with Crippen LogP contribution >= 0.6 is 0 Å². The van der Waals surface area contributed by atoms with Crippen LogP contribution in [0.3, 0.4) is 0 Å². The quantitative estimate of drug-likeness (QED) is 0.758. The average molecular weight is 295 g/mol. The molecule has 1 heterocycles. The molecule has 22 heavy (non-hydrogen) atoms. The van der Waals surface area contributed by atoms with Crippen molar-refractivity contribution in [3.05, 3.63) is 59.8 Å². The zero-order valence-corrected chi connectivity index (χ0v) is 13.0. The Hall–Kier alpha value is -2.33. The predicted molar refractivity (Wildman–Crippen MR) is 90.1 cm³/mol. The SMILES string of the molecule is Cc1cc2[nH]ncc2cc1C(O)CCN(C)c1ccccc1. The molecule has 114 valence electrons. The van der Waals surface area contributed by atoms with Gasteiger partial charge in [0.15, 0.2) is 0 Å². The summed E-state index contributed by atoms with van der Waals surface area (Å²) in [5.41, 5.74) is 4.24. The van der Waals surface area contributed by atoms with Crippen molar-refractivity contribution in [2.24, 2.45) is 0 Å². The van der Waals surface area contributed by atoms with Crippen molar-refractivity contribution in [2.45, 2.75) is 19.4 Å². The van der Waals surface area contributed by atoms with Crippen LogP contribution in [0.1, 0.15) is 23.7 Å². The molecule has 0 saturated carbocycles. The number of aliphatic hydroxyl groups is 1. The van der Waals surface area contributed by atoms with Crippen LogP contribution in [0.5, 0.6) is 0 Å². The van der Waals surface area contributed by atoms with Crippen molar-refractivity contribution in [3.8, 4) is 0 Å². The van der Waals surface area contributed by atoms with Gasteiger partial charge in [-0.15, -0.1) is 0 Å². The van der Waals surface area contributed by atoms with Crippen LogP contribution < -0.4 is 4.90 Å². The fraction of sp³-hybridized carbons (Fsp3) is 0.278. The molecule has 0 bridgehead atoms. The summed E-state index contributed by atoms with van der Waals surface area (Å²) in [4.78, 5) is 2.16. The Bertz CT molecular complexity index is 751. The second kappa shape index (κ2) is 6.20. The average Bonchev–Trinajstić information content (AvgIpc) is 2.99. The lowest BCUT2D eigenvalue weighted by atomic mass is 9.99. The Morgan fingerprint density at radius 3 is 2.77 bits per heavy atom. The van der Waals surface area contributed by atoms with Crippen LogP contribution in [0, 0.1) is 6.92 Å². The highest BCUT2D eigenvalue weighted by Gasteiger charge is 2.13. The van der Waals surface area contributed by atoms with E-state index in [1.54, 1.807) is 6.20 Å². The largest absolute Gasteiger partial charge is 0.388 e. The number of aromatic amines is 1. The van der Waals surface area contributed by atoms with Gasteiger partial charge in [-0.3, -0.25) is 5.10 Å². The molecule has 3 rings (SSSR count). The van der Waals surface area contributed by atoms with Gasteiger partial charge < -0.3 is 10.0 Å². The van der Waals surface area contributed by atoms with Crippen molar-refractivity contribution in [1.82, 2.24) is 10.2 Å². The lowest BCUT2D eigenvalue weighted by Gasteiger charge is -2.22. The first kappa shape index (κ1) is 14.6. The number of hydrogen-bond acceptors (Lipinski definition) is 3. The first-order valence-electron chi connectivity index (χ1n) is 7.53. The van der Waals surface area contributed by atoms with Gasteiger partial charge in [0, 0.05) is 24.7 Å². The molecule has 0 fully saturated rings. The molecule has 0 spiro atoms. The van der Waals surface area contributed by atoms with E-state index in [0.717, 1.165) is 34.3 Å². The number of rotatable bonds is 5. The number of benzene rings is 2. The number of hydrogen-bond donors (Lipinski definition) is 2. The maximum atomic E-state index is 10.5. The van der Waals surface area contributed by atoms with Crippen LogP contribution in [0.2, 0.25) is 0 Å². The Balaban J connectivity index is 1.70. The molecular weight excluding hydrogens is 274 g/mol. The molecule has 0 aliphatic rings. The van der Waals surface area contributed by atoms with E-state index in [1.807, 2.05) is 44.3 Å². The van der Waals surface area contributed by atoms with Gasteiger partial charge in [-0.2, -0.15) is 5.10 Å². The van der Waals surface area contributed by atoms with Crippen molar-refractivity contribution in [2.75, 3.05) is 18.5 Å². The summed E-state index contributed by atoms with van der Waals surface area (Å²) in [7, 11) is 2.05. The molecule has 4 heteroatoms. The molecule has 1 aromatic heterocycles. The third kappa shape index (κ3) is 2.97. The van der Waals surface area contributed by atoms with Gasteiger partial charge in [-0.1, -0.05) is 18.2 Å². The number of H-pyrrole nitrogens is 1. The zero-order chi connectivity index (χ0) is 15.5. The lowest BCUT2D eigenvalue weighted by Crippen LogP contribution is -2.20. The second-order valence-electron chi connectivity index (χ2n) is 5.73. The van der Waals surface area contributed by atoms with Gasteiger partial charge in [0.25, 0.3) is 0 Å². The fourth-order valence-corrected chi connectivity index (χ4v) is 2.76. The maximum Gasteiger partial charge on any atom is 0.0809 e. The molecule has 1 atom stereocenters. The number of para-hydroxylation sites is 1.